The number of anilines is 4. The average molecular weight is 553 g/mol. The number of halogens is 1. The van der Waals surface area contributed by atoms with Crippen LogP contribution < -0.4 is 14.5 Å². The highest BCUT2D eigenvalue weighted by molar-refractivity contribution is 7.94. The third kappa shape index (κ3) is 5.58. The molecule has 3 heterocycles. The van der Waals surface area contributed by atoms with Crippen molar-refractivity contribution >= 4 is 33.0 Å². The van der Waals surface area contributed by atoms with E-state index in [0.29, 0.717) is 36.7 Å². The van der Waals surface area contributed by atoms with Crippen LogP contribution in [0.15, 0.2) is 42.6 Å². The lowest BCUT2D eigenvalue weighted by molar-refractivity contribution is 0.311. The molecule has 0 bridgehead atoms. The zero-order valence-corrected chi connectivity index (χ0v) is 24.1. The van der Waals surface area contributed by atoms with E-state index in [1.807, 2.05) is 31.2 Å². The molecule has 8 nitrogen and oxygen atoms in total. The fraction of sp³-hybridized carbons (Fsp3) is 0.448. The zero-order chi connectivity index (χ0) is 27.9. The molecule has 10 heteroatoms. The van der Waals surface area contributed by atoms with Crippen molar-refractivity contribution in [1.82, 2.24) is 14.9 Å². The van der Waals surface area contributed by atoms with Crippen molar-refractivity contribution in [2.45, 2.75) is 45.3 Å². The zero-order valence-electron chi connectivity index (χ0n) is 23.3. The molecule has 0 aliphatic carbocycles. The molecule has 2 aromatic carbocycles. The molecular formula is C29H37FN6O2S. The Labute approximate surface area is 230 Å². The minimum Gasteiger partial charge on any atom is -0.367 e. The molecule has 2 aliphatic rings. The quantitative estimate of drug-likeness (QED) is 0.482. The van der Waals surface area contributed by atoms with Crippen LogP contribution in [0, 0.1) is 12.7 Å². The van der Waals surface area contributed by atoms with E-state index in [2.05, 4.69) is 27.1 Å². The highest BCUT2D eigenvalue weighted by atomic mass is 32.2. The van der Waals surface area contributed by atoms with E-state index in [1.54, 1.807) is 37.3 Å². The highest BCUT2D eigenvalue weighted by Crippen LogP contribution is 2.35. The average Bonchev–Trinajstić information content (AvgIpc) is 3.30. The summed E-state index contributed by atoms with van der Waals surface area (Å²) in [5.74, 6) is 0.116. The number of nitrogens with one attached hydrogen (secondary N) is 1. The van der Waals surface area contributed by atoms with Gasteiger partial charge in [-0.05, 0) is 82.1 Å². The van der Waals surface area contributed by atoms with Gasteiger partial charge in [-0.2, -0.15) is 0 Å². The van der Waals surface area contributed by atoms with E-state index in [-0.39, 0.29) is 5.82 Å². The van der Waals surface area contributed by atoms with Crippen molar-refractivity contribution in [3.8, 4) is 0 Å². The second-order valence-corrected chi connectivity index (χ2v) is 14.1. The summed E-state index contributed by atoms with van der Waals surface area (Å²) >= 11 is 0. The maximum absolute atomic E-state index is 15.0. The lowest BCUT2D eigenvalue weighted by Gasteiger charge is -2.34. The van der Waals surface area contributed by atoms with Crippen LogP contribution in [0.2, 0.25) is 0 Å². The first-order chi connectivity index (χ1) is 18.4. The summed E-state index contributed by atoms with van der Waals surface area (Å²) in [5, 5.41) is 3.14. The number of rotatable bonds is 6. The second-order valence-electron chi connectivity index (χ2n) is 11.5. The molecule has 2 aliphatic heterocycles. The second kappa shape index (κ2) is 10.4. The van der Waals surface area contributed by atoms with Crippen LogP contribution >= 0.6 is 0 Å². The number of aromatic nitrogens is 2. The van der Waals surface area contributed by atoms with Crippen molar-refractivity contribution in [3.05, 3.63) is 70.8 Å². The van der Waals surface area contributed by atoms with Crippen molar-refractivity contribution in [2.24, 2.45) is 0 Å². The Kier molecular flexibility index (Phi) is 7.28. The Morgan fingerprint density at radius 2 is 1.74 bits per heavy atom. The van der Waals surface area contributed by atoms with Crippen LogP contribution in [0.25, 0.3) is 0 Å². The predicted molar refractivity (Wildman–Crippen MR) is 155 cm³/mol. The lowest BCUT2D eigenvalue weighted by atomic mass is 10.0. The Balaban J connectivity index is 1.34. The summed E-state index contributed by atoms with van der Waals surface area (Å²) in [4.78, 5) is 13.4. The summed E-state index contributed by atoms with van der Waals surface area (Å²) in [6.07, 6.45) is 2.98. The number of sulfonamides is 1. The number of benzene rings is 2. The van der Waals surface area contributed by atoms with Gasteiger partial charge in [0.2, 0.25) is 16.0 Å². The Hall–Kier alpha value is -3.24. The van der Waals surface area contributed by atoms with Crippen molar-refractivity contribution in [3.63, 3.8) is 0 Å². The molecule has 0 spiro atoms. The summed E-state index contributed by atoms with van der Waals surface area (Å²) in [5.41, 5.74) is 5.71. The molecule has 0 unspecified atom stereocenters. The number of hydrogen-bond acceptors (Lipinski definition) is 7. The maximum Gasteiger partial charge on any atom is 0.240 e. The van der Waals surface area contributed by atoms with Crippen LogP contribution in [0.1, 0.15) is 43.2 Å². The standard InChI is InChI=1S/C29H37FN6O2S/c1-20-19-31-28(32-23-8-9-26(24(30)18-23)35-14-12-34(5)13-15-35)33-25(20)16-21-6-7-22-10-11-36(27(22)17-21)39(37,38)29(2,3)4/h6-9,17-19H,10-16H2,1-5H3,(H,31,32,33). The van der Waals surface area contributed by atoms with Gasteiger partial charge < -0.3 is 15.1 Å². The molecule has 1 fully saturated rings. The lowest BCUT2D eigenvalue weighted by Crippen LogP contribution is -2.44. The van der Waals surface area contributed by atoms with Gasteiger partial charge >= 0.3 is 0 Å². The topological polar surface area (TPSA) is 81.7 Å². The first-order valence-corrected chi connectivity index (χ1v) is 14.8. The van der Waals surface area contributed by atoms with E-state index < -0.39 is 14.8 Å². The monoisotopic (exact) mass is 552 g/mol. The van der Waals surface area contributed by atoms with Crippen LogP contribution in [-0.2, 0) is 22.9 Å². The van der Waals surface area contributed by atoms with Gasteiger partial charge in [-0.3, -0.25) is 4.31 Å². The summed E-state index contributed by atoms with van der Waals surface area (Å²) < 4.78 is 42.0. The molecule has 5 rings (SSSR count). The molecule has 0 radical (unpaired) electrons. The van der Waals surface area contributed by atoms with Crippen LogP contribution in [0.3, 0.4) is 0 Å². The number of fused-ring (bicyclic) bond motifs is 1. The Morgan fingerprint density at radius 1 is 1.00 bits per heavy atom. The third-order valence-corrected chi connectivity index (χ3v) is 10.1. The van der Waals surface area contributed by atoms with Gasteiger partial charge in [-0.15, -0.1) is 0 Å². The van der Waals surface area contributed by atoms with Gasteiger partial charge in [0.1, 0.15) is 5.82 Å². The van der Waals surface area contributed by atoms with E-state index in [0.717, 1.165) is 54.3 Å². The molecule has 1 aromatic heterocycles. The first kappa shape index (κ1) is 27.3. The SMILES string of the molecule is Cc1cnc(Nc2ccc(N3CCN(C)CC3)c(F)c2)nc1Cc1ccc2c(c1)N(S(=O)(=O)C(C)(C)C)CC2. The largest absolute Gasteiger partial charge is 0.367 e. The number of likely N-dealkylation sites (N-methyl/N-ethyl adjacent to an activating group) is 1. The normalized spacial score (nSPS) is 16.5. The predicted octanol–water partition coefficient (Wildman–Crippen LogP) is 4.50. The molecule has 208 valence electrons. The number of piperazine rings is 1. The number of aryl methyl sites for hydroxylation is 1. The summed E-state index contributed by atoms with van der Waals surface area (Å²) in [6, 6.07) is 11.2. The van der Waals surface area contributed by atoms with Gasteiger partial charge in [0, 0.05) is 51.0 Å². The maximum atomic E-state index is 15.0. The Bertz CT molecular complexity index is 1480. The summed E-state index contributed by atoms with van der Waals surface area (Å²) in [6.45, 7) is 11.0. The van der Waals surface area contributed by atoms with E-state index >= 15 is 0 Å². The molecule has 3 aromatic rings. The van der Waals surface area contributed by atoms with Crippen LogP contribution in [0.5, 0.6) is 0 Å². The van der Waals surface area contributed by atoms with Gasteiger partial charge in [-0.25, -0.2) is 22.8 Å². The van der Waals surface area contributed by atoms with Gasteiger partial charge in [0.25, 0.3) is 0 Å². The van der Waals surface area contributed by atoms with Crippen molar-refractivity contribution in [2.75, 3.05) is 54.3 Å². The number of hydrogen-bond donors (Lipinski definition) is 1. The van der Waals surface area contributed by atoms with Gasteiger partial charge in [0.15, 0.2) is 0 Å². The molecule has 0 atom stereocenters. The number of nitrogens with zero attached hydrogens (tertiary/aromatic N) is 5. The minimum absolute atomic E-state index is 0.273. The third-order valence-electron chi connectivity index (χ3n) is 7.56. The Morgan fingerprint density at radius 3 is 2.44 bits per heavy atom. The van der Waals surface area contributed by atoms with Gasteiger partial charge in [0.05, 0.1) is 21.8 Å². The minimum atomic E-state index is -3.48. The molecule has 1 N–H and O–H groups in total. The smallest absolute Gasteiger partial charge is 0.240 e. The molecule has 1 saturated heterocycles. The van der Waals surface area contributed by atoms with E-state index in [4.69, 9.17) is 4.98 Å². The fourth-order valence-corrected chi connectivity index (χ4v) is 6.43. The van der Waals surface area contributed by atoms with Crippen LogP contribution in [0.4, 0.5) is 27.4 Å². The first-order valence-electron chi connectivity index (χ1n) is 13.4. The van der Waals surface area contributed by atoms with Crippen molar-refractivity contribution < 1.29 is 12.8 Å². The fourth-order valence-electron chi connectivity index (χ4n) is 5.01. The molecular weight excluding hydrogens is 515 g/mol. The van der Waals surface area contributed by atoms with E-state index in [9.17, 15) is 12.8 Å². The molecule has 0 saturated carbocycles. The molecule has 0 amide bonds. The highest BCUT2D eigenvalue weighted by Gasteiger charge is 2.38. The van der Waals surface area contributed by atoms with Gasteiger partial charge in [-0.1, -0.05) is 12.1 Å². The summed E-state index contributed by atoms with van der Waals surface area (Å²) in [7, 11) is -1.41. The van der Waals surface area contributed by atoms with E-state index in [1.165, 1.54) is 6.07 Å². The van der Waals surface area contributed by atoms with Crippen LogP contribution in [-0.4, -0.2) is 67.8 Å². The van der Waals surface area contributed by atoms with Crippen molar-refractivity contribution in [1.29, 1.82) is 0 Å². The molecule has 39 heavy (non-hydrogen) atoms.